The second-order valence-electron chi connectivity index (χ2n) is 3.87. The molecule has 0 bridgehead atoms. The second-order valence-corrected chi connectivity index (χ2v) is 4.87. The van der Waals surface area contributed by atoms with E-state index in [0.29, 0.717) is 11.6 Å². The van der Waals surface area contributed by atoms with E-state index in [1.54, 1.807) is 24.5 Å². The first-order chi connectivity index (χ1) is 8.74. The minimum Gasteiger partial charge on any atom is -0.479 e. The summed E-state index contributed by atoms with van der Waals surface area (Å²) in [5.74, 6) is 1.23. The number of hydrogen-bond donors (Lipinski definition) is 2. The number of thiophene rings is 1. The van der Waals surface area contributed by atoms with Gasteiger partial charge >= 0.3 is 0 Å². The van der Waals surface area contributed by atoms with Crippen molar-refractivity contribution in [1.82, 2.24) is 4.98 Å². The highest BCUT2D eigenvalue weighted by molar-refractivity contribution is 7.10. The van der Waals surface area contributed by atoms with Gasteiger partial charge in [-0.05, 0) is 35.6 Å². The van der Waals surface area contributed by atoms with Crippen molar-refractivity contribution in [3.63, 3.8) is 0 Å². The van der Waals surface area contributed by atoms with Crippen molar-refractivity contribution in [2.75, 3.05) is 18.2 Å². The van der Waals surface area contributed by atoms with Crippen LogP contribution in [0.2, 0.25) is 0 Å². The SMILES string of the molecule is CCc1ccsc1CNc1ccc(N)c(OC)n1. The van der Waals surface area contributed by atoms with E-state index in [1.165, 1.54) is 10.4 Å². The van der Waals surface area contributed by atoms with Gasteiger partial charge in [-0.1, -0.05) is 6.92 Å². The molecule has 0 unspecified atom stereocenters. The van der Waals surface area contributed by atoms with Crippen molar-refractivity contribution in [2.45, 2.75) is 19.9 Å². The molecule has 0 amide bonds. The van der Waals surface area contributed by atoms with Gasteiger partial charge in [-0.3, -0.25) is 0 Å². The molecule has 0 radical (unpaired) electrons. The van der Waals surface area contributed by atoms with Gasteiger partial charge < -0.3 is 15.8 Å². The van der Waals surface area contributed by atoms with Gasteiger partial charge in [-0.15, -0.1) is 11.3 Å². The second kappa shape index (κ2) is 5.73. The summed E-state index contributed by atoms with van der Waals surface area (Å²) in [5.41, 5.74) is 7.66. The highest BCUT2D eigenvalue weighted by Crippen LogP contribution is 2.22. The van der Waals surface area contributed by atoms with Gasteiger partial charge in [0.15, 0.2) is 0 Å². The van der Waals surface area contributed by atoms with E-state index in [-0.39, 0.29) is 0 Å². The number of anilines is 2. The number of nitrogens with one attached hydrogen (secondary N) is 1. The fourth-order valence-corrected chi connectivity index (χ4v) is 2.64. The Morgan fingerprint density at radius 2 is 2.22 bits per heavy atom. The van der Waals surface area contributed by atoms with Gasteiger partial charge in [0.25, 0.3) is 0 Å². The van der Waals surface area contributed by atoms with Crippen molar-refractivity contribution in [1.29, 1.82) is 0 Å². The third-order valence-electron chi connectivity index (χ3n) is 2.73. The minimum atomic E-state index is 0.460. The molecule has 0 saturated carbocycles. The van der Waals surface area contributed by atoms with Gasteiger partial charge in [0.05, 0.1) is 19.3 Å². The van der Waals surface area contributed by atoms with Crippen molar-refractivity contribution in [2.24, 2.45) is 0 Å². The van der Waals surface area contributed by atoms with E-state index in [9.17, 15) is 0 Å². The molecule has 0 aromatic carbocycles. The van der Waals surface area contributed by atoms with E-state index in [0.717, 1.165) is 18.8 Å². The van der Waals surface area contributed by atoms with Crippen LogP contribution in [0.25, 0.3) is 0 Å². The van der Waals surface area contributed by atoms with Crippen LogP contribution in [0.5, 0.6) is 5.88 Å². The summed E-state index contributed by atoms with van der Waals surface area (Å²) in [4.78, 5) is 5.63. The third kappa shape index (κ3) is 2.73. The standard InChI is InChI=1S/C13H17N3OS/c1-3-9-6-7-18-11(9)8-15-12-5-4-10(14)13(16-12)17-2/h4-7H,3,8,14H2,1-2H3,(H,15,16). The molecule has 0 aliphatic carbocycles. The summed E-state index contributed by atoms with van der Waals surface area (Å²) in [7, 11) is 1.57. The van der Waals surface area contributed by atoms with Crippen molar-refractivity contribution < 1.29 is 4.74 Å². The molecule has 0 saturated heterocycles. The van der Waals surface area contributed by atoms with E-state index < -0.39 is 0 Å². The zero-order valence-electron chi connectivity index (χ0n) is 10.6. The van der Waals surface area contributed by atoms with Crippen LogP contribution in [0.15, 0.2) is 23.6 Å². The minimum absolute atomic E-state index is 0.460. The van der Waals surface area contributed by atoms with Crippen LogP contribution in [0.3, 0.4) is 0 Å². The van der Waals surface area contributed by atoms with Gasteiger partial charge in [0, 0.05) is 4.88 Å². The smallest absolute Gasteiger partial charge is 0.238 e. The summed E-state index contributed by atoms with van der Waals surface area (Å²) < 4.78 is 5.09. The first-order valence-corrected chi connectivity index (χ1v) is 6.72. The normalized spacial score (nSPS) is 10.3. The monoisotopic (exact) mass is 263 g/mol. The number of methoxy groups -OCH3 is 1. The Hall–Kier alpha value is -1.75. The Morgan fingerprint density at radius 3 is 2.94 bits per heavy atom. The molecule has 5 heteroatoms. The van der Waals surface area contributed by atoms with Crippen LogP contribution in [0.1, 0.15) is 17.4 Å². The molecule has 0 aliphatic heterocycles. The molecule has 0 fully saturated rings. The van der Waals surface area contributed by atoms with E-state index in [4.69, 9.17) is 10.5 Å². The molecule has 2 heterocycles. The fourth-order valence-electron chi connectivity index (χ4n) is 1.72. The molecule has 2 rings (SSSR count). The highest BCUT2D eigenvalue weighted by atomic mass is 32.1. The maximum Gasteiger partial charge on any atom is 0.238 e. The Bertz CT molecular complexity index is 525. The molecule has 0 atom stereocenters. The number of ether oxygens (including phenoxy) is 1. The Kier molecular flexibility index (Phi) is 4.04. The number of aromatic nitrogens is 1. The molecule has 3 N–H and O–H groups in total. The Labute approximate surface area is 111 Å². The molecule has 2 aromatic rings. The molecular weight excluding hydrogens is 246 g/mol. The summed E-state index contributed by atoms with van der Waals surface area (Å²) >= 11 is 1.76. The van der Waals surface area contributed by atoms with Gasteiger partial charge in [0.2, 0.25) is 5.88 Å². The average Bonchev–Trinajstić information content (AvgIpc) is 2.85. The third-order valence-corrected chi connectivity index (χ3v) is 3.69. The zero-order chi connectivity index (χ0) is 13.0. The lowest BCUT2D eigenvalue weighted by molar-refractivity contribution is 0.401. The van der Waals surface area contributed by atoms with Crippen molar-refractivity contribution in [3.05, 3.63) is 34.0 Å². The topological polar surface area (TPSA) is 60.2 Å². The van der Waals surface area contributed by atoms with E-state index in [2.05, 4.69) is 28.7 Å². The van der Waals surface area contributed by atoms with Crippen molar-refractivity contribution in [3.8, 4) is 5.88 Å². The van der Waals surface area contributed by atoms with Crippen molar-refractivity contribution >= 4 is 22.8 Å². The number of nitrogens with zero attached hydrogens (tertiary/aromatic N) is 1. The lowest BCUT2D eigenvalue weighted by atomic mass is 10.2. The maximum absolute atomic E-state index is 5.72. The Balaban J connectivity index is 2.06. The molecule has 0 spiro atoms. The molecule has 18 heavy (non-hydrogen) atoms. The lowest BCUT2D eigenvalue weighted by Gasteiger charge is -2.08. The largest absolute Gasteiger partial charge is 0.479 e. The van der Waals surface area contributed by atoms with E-state index in [1.807, 2.05) is 6.07 Å². The predicted octanol–water partition coefficient (Wildman–Crippen LogP) is 2.91. The van der Waals surface area contributed by atoms with Crippen LogP contribution in [-0.2, 0) is 13.0 Å². The van der Waals surface area contributed by atoms with Crippen LogP contribution in [0.4, 0.5) is 11.5 Å². The van der Waals surface area contributed by atoms with Crippen LogP contribution < -0.4 is 15.8 Å². The summed E-state index contributed by atoms with van der Waals surface area (Å²) in [5, 5.41) is 5.41. The fraction of sp³-hybridized carbons (Fsp3) is 0.308. The molecule has 4 nitrogen and oxygen atoms in total. The number of nitrogens with two attached hydrogens (primary N) is 1. The average molecular weight is 263 g/mol. The van der Waals surface area contributed by atoms with Crippen LogP contribution in [0, 0.1) is 0 Å². The summed E-state index contributed by atoms with van der Waals surface area (Å²) in [6, 6.07) is 5.82. The van der Waals surface area contributed by atoms with E-state index >= 15 is 0 Å². The van der Waals surface area contributed by atoms with Gasteiger partial charge in [-0.25, -0.2) is 0 Å². The number of hydrogen-bond acceptors (Lipinski definition) is 5. The first kappa shape index (κ1) is 12.7. The lowest BCUT2D eigenvalue weighted by Crippen LogP contribution is -2.03. The first-order valence-electron chi connectivity index (χ1n) is 5.84. The number of rotatable bonds is 5. The zero-order valence-corrected chi connectivity index (χ0v) is 11.4. The molecule has 0 aliphatic rings. The molecular formula is C13H17N3OS. The maximum atomic E-state index is 5.72. The number of pyridine rings is 1. The Morgan fingerprint density at radius 1 is 1.39 bits per heavy atom. The van der Waals surface area contributed by atoms with Crippen LogP contribution >= 0.6 is 11.3 Å². The van der Waals surface area contributed by atoms with Crippen LogP contribution in [-0.4, -0.2) is 12.1 Å². The molecule has 2 aromatic heterocycles. The van der Waals surface area contributed by atoms with Gasteiger partial charge in [0.1, 0.15) is 5.82 Å². The number of aryl methyl sites for hydroxylation is 1. The summed E-state index contributed by atoms with van der Waals surface area (Å²) in [6.45, 7) is 2.94. The van der Waals surface area contributed by atoms with Gasteiger partial charge in [-0.2, -0.15) is 4.98 Å². The number of nitrogen functional groups attached to an aromatic ring is 1. The molecule has 96 valence electrons. The predicted molar refractivity (Wildman–Crippen MR) is 76.2 cm³/mol. The summed E-state index contributed by atoms with van der Waals surface area (Å²) in [6.07, 6.45) is 1.05. The quantitative estimate of drug-likeness (QED) is 0.870. The highest BCUT2D eigenvalue weighted by Gasteiger charge is 2.05.